The summed E-state index contributed by atoms with van der Waals surface area (Å²) in [7, 11) is 1.71. The van der Waals surface area contributed by atoms with Crippen molar-refractivity contribution in [3.63, 3.8) is 0 Å². The normalized spacial score (nSPS) is 15.3. The van der Waals surface area contributed by atoms with Gasteiger partial charge in [-0.2, -0.15) is 4.68 Å². The quantitative estimate of drug-likeness (QED) is 0.733. The van der Waals surface area contributed by atoms with Crippen molar-refractivity contribution in [1.82, 2.24) is 20.2 Å². The molecule has 0 spiro atoms. The molecule has 1 aliphatic heterocycles. The van der Waals surface area contributed by atoms with Gasteiger partial charge in [-0.1, -0.05) is 35.4 Å². The highest BCUT2D eigenvalue weighted by Gasteiger charge is 2.24. The molecule has 0 aliphatic carbocycles. The third kappa shape index (κ3) is 3.20. The van der Waals surface area contributed by atoms with Crippen LogP contribution < -0.4 is 9.64 Å². The van der Waals surface area contributed by atoms with E-state index in [-0.39, 0.29) is 0 Å². The lowest BCUT2D eigenvalue weighted by molar-refractivity contribution is 0.412. The van der Waals surface area contributed by atoms with E-state index in [0.717, 1.165) is 43.3 Å². The van der Waals surface area contributed by atoms with Gasteiger partial charge in [0.2, 0.25) is 5.95 Å². The van der Waals surface area contributed by atoms with Crippen molar-refractivity contribution in [2.24, 2.45) is 0 Å². The molecule has 6 heteroatoms. The number of methoxy groups -OCH3 is 1. The van der Waals surface area contributed by atoms with Crippen LogP contribution in [-0.2, 0) is 0 Å². The zero-order chi connectivity index (χ0) is 17.1. The van der Waals surface area contributed by atoms with Gasteiger partial charge in [0, 0.05) is 13.1 Å². The number of aromatic nitrogens is 4. The summed E-state index contributed by atoms with van der Waals surface area (Å²) in [5.41, 5.74) is 2.33. The maximum Gasteiger partial charge on any atom is 0.250 e. The molecule has 1 fully saturated rings. The Labute approximate surface area is 147 Å². The Bertz CT molecular complexity index is 825. The van der Waals surface area contributed by atoms with Crippen molar-refractivity contribution in [3.05, 3.63) is 60.2 Å². The lowest BCUT2D eigenvalue weighted by Gasteiger charge is -2.32. The smallest absolute Gasteiger partial charge is 0.250 e. The van der Waals surface area contributed by atoms with Crippen molar-refractivity contribution in [3.8, 4) is 11.4 Å². The lowest BCUT2D eigenvalue weighted by Crippen LogP contribution is -2.34. The topological polar surface area (TPSA) is 56.1 Å². The Morgan fingerprint density at radius 1 is 1.00 bits per heavy atom. The number of rotatable bonds is 4. The fourth-order valence-corrected chi connectivity index (χ4v) is 3.42. The standard InChI is InChI=1S/C19H21N5O/c1-25-18-9-5-6-16(14-18)15-10-12-23(13-11-15)19-20-21-22-24(19)17-7-3-2-4-8-17/h2-9,14-15H,10-13H2,1H3. The summed E-state index contributed by atoms with van der Waals surface area (Å²) in [5.74, 6) is 2.29. The molecule has 6 nitrogen and oxygen atoms in total. The number of para-hydroxylation sites is 1. The molecule has 0 unspecified atom stereocenters. The predicted octanol–water partition coefficient (Wildman–Crippen LogP) is 3.05. The second-order valence-electron chi connectivity index (χ2n) is 6.26. The fourth-order valence-electron chi connectivity index (χ4n) is 3.42. The first-order valence-electron chi connectivity index (χ1n) is 8.58. The van der Waals surface area contributed by atoms with Crippen LogP contribution in [0.25, 0.3) is 5.69 Å². The Kier molecular flexibility index (Phi) is 4.33. The molecular weight excluding hydrogens is 314 g/mol. The SMILES string of the molecule is COc1cccc(C2CCN(c3nnnn3-c3ccccc3)CC2)c1. The number of nitrogens with zero attached hydrogens (tertiary/aromatic N) is 5. The van der Waals surface area contributed by atoms with Crippen LogP contribution in [0.3, 0.4) is 0 Å². The highest BCUT2D eigenvalue weighted by atomic mass is 16.5. The van der Waals surface area contributed by atoms with Gasteiger partial charge in [-0.05, 0) is 59.0 Å². The molecule has 25 heavy (non-hydrogen) atoms. The minimum absolute atomic E-state index is 0.549. The van der Waals surface area contributed by atoms with Crippen LogP contribution in [0.4, 0.5) is 5.95 Å². The maximum absolute atomic E-state index is 5.35. The van der Waals surface area contributed by atoms with Gasteiger partial charge in [-0.15, -0.1) is 0 Å². The lowest BCUT2D eigenvalue weighted by atomic mass is 9.89. The molecule has 4 rings (SSSR count). The van der Waals surface area contributed by atoms with Crippen LogP contribution in [0.2, 0.25) is 0 Å². The molecular formula is C19H21N5O. The summed E-state index contributed by atoms with van der Waals surface area (Å²) in [4.78, 5) is 2.27. The van der Waals surface area contributed by atoms with Gasteiger partial charge >= 0.3 is 0 Å². The predicted molar refractivity (Wildman–Crippen MR) is 96.3 cm³/mol. The van der Waals surface area contributed by atoms with Crippen LogP contribution in [-0.4, -0.2) is 40.4 Å². The van der Waals surface area contributed by atoms with E-state index in [1.807, 2.05) is 41.1 Å². The van der Waals surface area contributed by atoms with Crippen molar-refractivity contribution in [1.29, 1.82) is 0 Å². The summed E-state index contributed by atoms with van der Waals surface area (Å²) >= 11 is 0. The number of hydrogen-bond acceptors (Lipinski definition) is 5. The van der Waals surface area contributed by atoms with Crippen LogP contribution >= 0.6 is 0 Å². The molecule has 0 amide bonds. The first kappa shape index (κ1) is 15.6. The first-order chi connectivity index (χ1) is 12.3. The first-order valence-corrected chi connectivity index (χ1v) is 8.58. The van der Waals surface area contributed by atoms with Gasteiger partial charge in [0.1, 0.15) is 5.75 Å². The van der Waals surface area contributed by atoms with E-state index >= 15 is 0 Å². The minimum Gasteiger partial charge on any atom is -0.497 e. The van der Waals surface area contributed by atoms with Crippen molar-refractivity contribution < 1.29 is 4.74 Å². The molecule has 2 aromatic carbocycles. The molecule has 0 radical (unpaired) electrons. The molecule has 1 aromatic heterocycles. The van der Waals surface area contributed by atoms with E-state index in [1.54, 1.807) is 7.11 Å². The largest absolute Gasteiger partial charge is 0.497 e. The summed E-state index contributed by atoms with van der Waals surface area (Å²) < 4.78 is 7.16. The molecule has 3 aromatic rings. The molecule has 1 saturated heterocycles. The van der Waals surface area contributed by atoms with E-state index in [4.69, 9.17) is 4.74 Å². The number of ether oxygens (including phenoxy) is 1. The van der Waals surface area contributed by atoms with E-state index in [9.17, 15) is 0 Å². The maximum atomic E-state index is 5.35. The van der Waals surface area contributed by atoms with Crippen LogP contribution in [0.15, 0.2) is 54.6 Å². The number of piperidine rings is 1. The summed E-state index contributed by atoms with van der Waals surface area (Å²) in [6.45, 7) is 1.88. The van der Waals surface area contributed by atoms with E-state index in [1.165, 1.54) is 5.56 Å². The second kappa shape index (κ2) is 6.93. The van der Waals surface area contributed by atoms with Gasteiger partial charge in [-0.25, -0.2) is 0 Å². The zero-order valence-corrected chi connectivity index (χ0v) is 14.2. The number of hydrogen-bond donors (Lipinski definition) is 0. The van der Waals surface area contributed by atoms with Gasteiger partial charge in [0.05, 0.1) is 12.8 Å². The molecule has 0 atom stereocenters. The number of anilines is 1. The summed E-state index contributed by atoms with van der Waals surface area (Å²) in [6, 6.07) is 18.4. The number of benzene rings is 2. The third-order valence-corrected chi connectivity index (χ3v) is 4.80. The number of tetrazole rings is 1. The van der Waals surface area contributed by atoms with E-state index in [0.29, 0.717) is 5.92 Å². The van der Waals surface area contributed by atoms with Crippen LogP contribution in [0.1, 0.15) is 24.3 Å². The van der Waals surface area contributed by atoms with Gasteiger partial charge < -0.3 is 9.64 Å². The van der Waals surface area contributed by atoms with Crippen LogP contribution in [0.5, 0.6) is 5.75 Å². The average Bonchev–Trinajstić information content (AvgIpc) is 3.19. The molecule has 0 saturated carbocycles. The molecule has 2 heterocycles. The second-order valence-corrected chi connectivity index (χ2v) is 6.26. The Morgan fingerprint density at radius 2 is 1.80 bits per heavy atom. The van der Waals surface area contributed by atoms with Crippen molar-refractivity contribution in [2.75, 3.05) is 25.1 Å². The third-order valence-electron chi connectivity index (χ3n) is 4.80. The molecule has 0 bridgehead atoms. The van der Waals surface area contributed by atoms with Gasteiger partial charge in [0.25, 0.3) is 0 Å². The van der Waals surface area contributed by atoms with Gasteiger partial charge in [0.15, 0.2) is 0 Å². The van der Waals surface area contributed by atoms with Gasteiger partial charge in [-0.3, -0.25) is 0 Å². The Hall–Kier alpha value is -2.89. The van der Waals surface area contributed by atoms with E-state index < -0.39 is 0 Å². The van der Waals surface area contributed by atoms with Crippen molar-refractivity contribution >= 4 is 5.95 Å². The van der Waals surface area contributed by atoms with Crippen molar-refractivity contribution in [2.45, 2.75) is 18.8 Å². The summed E-state index contributed by atoms with van der Waals surface area (Å²) in [5, 5.41) is 12.3. The highest BCUT2D eigenvalue weighted by Crippen LogP contribution is 2.31. The monoisotopic (exact) mass is 335 g/mol. The molecule has 0 N–H and O–H groups in total. The molecule has 1 aliphatic rings. The highest BCUT2D eigenvalue weighted by molar-refractivity contribution is 5.41. The fraction of sp³-hybridized carbons (Fsp3) is 0.316. The Balaban J connectivity index is 1.49. The molecule has 128 valence electrons. The average molecular weight is 335 g/mol. The Morgan fingerprint density at radius 3 is 2.56 bits per heavy atom. The van der Waals surface area contributed by atoms with Crippen LogP contribution in [0, 0.1) is 0 Å². The minimum atomic E-state index is 0.549. The zero-order valence-electron chi connectivity index (χ0n) is 14.2. The summed E-state index contributed by atoms with van der Waals surface area (Å²) in [6.07, 6.45) is 2.16. The van der Waals surface area contributed by atoms with E-state index in [2.05, 4.69) is 38.6 Å².